The molecule has 0 heterocycles. The van der Waals surface area contributed by atoms with Crippen LogP contribution in [0.3, 0.4) is 0 Å². The van der Waals surface area contributed by atoms with Crippen LogP contribution >= 0.6 is 0 Å². The highest BCUT2D eigenvalue weighted by molar-refractivity contribution is 5.66. The van der Waals surface area contributed by atoms with E-state index in [0.717, 1.165) is 29.1 Å². The molecule has 23 heavy (non-hydrogen) atoms. The normalized spacial score (nSPS) is 10.8. The minimum absolute atomic E-state index is 0.671. The predicted molar refractivity (Wildman–Crippen MR) is 95.4 cm³/mol. The molecule has 4 heteroatoms. The summed E-state index contributed by atoms with van der Waals surface area (Å²) < 4.78 is 11.5. The zero-order valence-electron chi connectivity index (χ0n) is 14.5. The number of nitrogens with zero attached hydrogens (tertiary/aromatic N) is 2. The third-order valence-electron chi connectivity index (χ3n) is 3.69. The highest BCUT2D eigenvalue weighted by Crippen LogP contribution is 2.37. The molecule has 2 rings (SSSR count). The van der Waals surface area contributed by atoms with Crippen molar-refractivity contribution in [1.82, 2.24) is 4.90 Å². The van der Waals surface area contributed by atoms with Crippen molar-refractivity contribution in [2.45, 2.75) is 20.8 Å². The number of benzene rings is 2. The molecule has 0 saturated heterocycles. The second-order valence-electron chi connectivity index (χ2n) is 5.47. The number of rotatable bonds is 6. The second kappa shape index (κ2) is 7.68. The highest BCUT2D eigenvalue weighted by atomic mass is 16.5. The van der Waals surface area contributed by atoms with E-state index in [9.17, 15) is 0 Å². The number of aryl methyl sites for hydroxylation is 2. The summed E-state index contributed by atoms with van der Waals surface area (Å²) in [6.07, 6.45) is 1.82. The summed E-state index contributed by atoms with van der Waals surface area (Å²) in [6.45, 7) is 7.03. The van der Waals surface area contributed by atoms with Crippen molar-refractivity contribution in [3.05, 3.63) is 47.5 Å². The van der Waals surface area contributed by atoms with Crippen molar-refractivity contribution < 1.29 is 9.47 Å². The zero-order valence-corrected chi connectivity index (χ0v) is 14.5. The second-order valence-corrected chi connectivity index (χ2v) is 5.47. The van der Waals surface area contributed by atoms with Crippen molar-refractivity contribution in [1.29, 1.82) is 0 Å². The van der Waals surface area contributed by atoms with Gasteiger partial charge >= 0.3 is 0 Å². The SMILES string of the molecule is CCN(C)/C=N/c1cc(OC)c(Oc2ccccc2C)cc1C. The van der Waals surface area contributed by atoms with E-state index in [0.29, 0.717) is 11.5 Å². The summed E-state index contributed by atoms with van der Waals surface area (Å²) in [5.74, 6) is 2.19. The minimum Gasteiger partial charge on any atom is -0.493 e. The maximum atomic E-state index is 6.03. The first-order chi connectivity index (χ1) is 11.0. The number of hydrogen-bond donors (Lipinski definition) is 0. The first kappa shape index (κ1) is 16.9. The van der Waals surface area contributed by atoms with Gasteiger partial charge in [0.25, 0.3) is 0 Å². The quantitative estimate of drug-likeness (QED) is 0.572. The summed E-state index contributed by atoms with van der Waals surface area (Å²) in [5.41, 5.74) is 2.99. The molecular formula is C19H24N2O2. The Kier molecular flexibility index (Phi) is 5.63. The fraction of sp³-hybridized carbons (Fsp3) is 0.316. The molecule has 2 aromatic rings. The fourth-order valence-electron chi connectivity index (χ4n) is 2.06. The monoisotopic (exact) mass is 312 g/mol. The van der Waals surface area contributed by atoms with Crippen molar-refractivity contribution in [3.8, 4) is 17.2 Å². The van der Waals surface area contributed by atoms with Crippen LogP contribution in [-0.2, 0) is 0 Å². The molecule has 0 atom stereocenters. The molecule has 4 nitrogen and oxygen atoms in total. The van der Waals surface area contributed by atoms with Crippen molar-refractivity contribution >= 4 is 12.0 Å². The van der Waals surface area contributed by atoms with E-state index >= 15 is 0 Å². The van der Waals surface area contributed by atoms with Crippen LogP contribution in [-0.4, -0.2) is 31.9 Å². The summed E-state index contributed by atoms with van der Waals surface area (Å²) in [6, 6.07) is 11.8. The van der Waals surface area contributed by atoms with Gasteiger partial charge in [-0.3, -0.25) is 0 Å². The van der Waals surface area contributed by atoms with E-state index in [-0.39, 0.29) is 0 Å². The van der Waals surface area contributed by atoms with E-state index in [1.807, 2.05) is 68.5 Å². The maximum Gasteiger partial charge on any atom is 0.169 e. The molecule has 0 radical (unpaired) electrons. The van der Waals surface area contributed by atoms with E-state index < -0.39 is 0 Å². The van der Waals surface area contributed by atoms with Crippen LogP contribution in [0.25, 0.3) is 0 Å². The fourth-order valence-corrected chi connectivity index (χ4v) is 2.06. The van der Waals surface area contributed by atoms with Crippen molar-refractivity contribution in [3.63, 3.8) is 0 Å². The number of ether oxygens (including phenoxy) is 2. The lowest BCUT2D eigenvalue weighted by Gasteiger charge is -2.14. The highest BCUT2D eigenvalue weighted by Gasteiger charge is 2.11. The third kappa shape index (κ3) is 4.25. The molecule has 0 N–H and O–H groups in total. The molecule has 122 valence electrons. The summed E-state index contributed by atoms with van der Waals surface area (Å²) in [7, 11) is 3.63. The van der Waals surface area contributed by atoms with Crippen LogP contribution in [0.4, 0.5) is 5.69 Å². The Hall–Kier alpha value is -2.49. The van der Waals surface area contributed by atoms with Gasteiger partial charge in [-0.05, 0) is 44.0 Å². The van der Waals surface area contributed by atoms with E-state index in [1.165, 1.54) is 0 Å². The topological polar surface area (TPSA) is 34.1 Å². The van der Waals surface area contributed by atoms with Gasteiger partial charge in [0.15, 0.2) is 11.5 Å². The number of aliphatic imine (C=N–C) groups is 1. The Labute approximate surface area is 138 Å². The van der Waals surface area contributed by atoms with Gasteiger partial charge < -0.3 is 14.4 Å². The first-order valence-corrected chi connectivity index (χ1v) is 7.71. The molecule has 0 aromatic heterocycles. The lowest BCUT2D eigenvalue weighted by molar-refractivity contribution is 0.378. The molecule has 0 saturated carbocycles. The molecule has 0 unspecified atom stereocenters. The molecule has 2 aromatic carbocycles. The van der Waals surface area contributed by atoms with E-state index in [2.05, 4.69) is 11.9 Å². The Morgan fingerprint density at radius 2 is 1.78 bits per heavy atom. The average Bonchev–Trinajstić information content (AvgIpc) is 2.55. The zero-order chi connectivity index (χ0) is 16.8. The molecule has 0 bridgehead atoms. The summed E-state index contributed by atoms with van der Waals surface area (Å²) in [4.78, 5) is 6.53. The number of methoxy groups -OCH3 is 1. The Balaban J connectivity index is 2.33. The van der Waals surface area contributed by atoms with Crippen LogP contribution in [0.1, 0.15) is 18.1 Å². The largest absolute Gasteiger partial charge is 0.493 e. The molecule has 0 amide bonds. The Morgan fingerprint density at radius 1 is 1.04 bits per heavy atom. The molecule has 0 spiro atoms. The number of para-hydroxylation sites is 1. The molecule has 0 aliphatic carbocycles. The Morgan fingerprint density at radius 3 is 2.43 bits per heavy atom. The van der Waals surface area contributed by atoms with Gasteiger partial charge in [-0.25, -0.2) is 4.99 Å². The first-order valence-electron chi connectivity index (χ1n) is 7.71. The van der Waals surface area contributed by atoms with Crippen LogP contribution < -0.4 is 9.47 Å². The van der Waals surface area contributed by atoms with Crippen molar-refractivity contribution in [2.75, 3.05) is 20.7 Å². The molecule has 0 aliphatic rings. The summed E-state index contributed by atoms with van der Waals surface area (Å²) >= 11 is 0. The molecular weight excluding hydrogens is 288 g/mol. The van der Waals surface area contributed by atoms with Crippen LogP contribution in [0.15, 0.2) is 41.4 Å². The smallest absolute Gasteiger partial charge is 0.169 e. The van der Waals surface area contributed by atoms with Gasteiger partial charge in [0.05, 0.1) is 19.1 Å². The van der Waals surface area contributed by atoms with Crippen LogP contribution in [0.2, 0.25) is 0 Å². The maximum absolute atomic E-state index is 6.03. The van der Waals surface area contributed by atoms with Gasteiger partial charge in [0.1, 0.15) is 5.75 Å². The van der Waals surface area contributed by atoms with E-state index in [1.54, 1.807) is 7.11 Å². The van der Waals surface area contributed by atoms with Gasteiger partial charge in [0.2, 0.25) is 0 Å². The van der Waals surface area contributed by atoms with Crippen LogP contribution in [0, 0.1) is 13.8 Å². The summed E-state index contributed by atoms with van der Waals surface area (Å²) in [5, 5.41) is 0. The van der Waals surface area contributed by atoms with Gasteiger partial charge in [-0.15, -0.1) is 0 Å². The molecule has 0 fully saturated rings. The molecule has 0 aliphatic heterocycles. The lowest BCUT2D eigenvalue weighted by atomic mass is 10.1. The standard InChI is InChI=1S/C19H24N2O2/c1-6-21(4)13-20-16-12-18(22-5)19(11-15(16)3)23-17-10-8-7-9-14(17)2/h7-13H,6H2,1-5H3/b20-13+. The number of hydrogen-bond acceptors (Lipinski definition) is 3. The van der Waals surface area contributed by atoms with E-state index in [4.69, 9.17) is 9.47 Å². The lowest BCUT2D eigenvalue weighted by Crippen LogP contribution is -2.14. The average molecular weight is 312 g/mol. The van der Waals surface area contributed by atoms with Crippen LogP contribution in [0.5, 0.6) is 17.2 Å². The Bertz CT molecular complexity index is 696. The minimum atomic E-state index is 0.671. The third-order valence-corrected chi connectivity index (χ3v) is 3.69. The van der Waals surface area contributed by atoms with Crippen molar-refractivity contribution in [2.24, 2.45) is 4.99 Å². The van der Waals surface area contributed by atoms with Gasteiger partial charge in [0, 0.05) is 19.7 Å². The van der Waals surface area contributed by atoms with Gasteiger partial charge in [-0.1, -0.05) is 18.2 Å². The van der Waals surface area contributed by atoms with Gasteiger partial charge in [-0.2, -0.15) is 0 Å². The predicted octanol–water partition coefficient (Wildman–Crippen LogP) is 4.72.